The van der Waals surface area contributed by atoms with Gasteiger partial charge in [-0.2, -0.15) is 0 Å². The van der Waals surface area contributed by atoms with Crippen LogP contribution in [-0.2, 0) is 6.42 Å². The fourth-order valence-corrected chi connectivity index (χ4v) is 1.45. The molecule has 1 rings (SSSR count). The average Bonchev–Trinajstić information content (AvgIpc) is 2.19. The molecule has 1 atom stereocenters. The molecule has 1 unspecified atom stereocenters. The predicted molar refractivity (Wildman–Crippen MR) is 65.3 cm³/mol. The molecule has 0 fully saturated rings. The van der Waals surface area contributed by atoms with E-state index in [0.717, 1.165) is 5.56 Å². The lowest BCUT2D eigenvalue weighted by Crippen LogP contribution is -2.49. The number of phenolic OH excluding ortho intramolecular Hbond substituents is 1. The quantitative estimate of drug-likeness (QED) is 0.745. The molecule has 0 amide bonds. The lowest BCUT2D eigenvalue weighted by Gasteiger charge is -2.35. The van der Waals surface area contributed by atoms with Crippen LogP contribution in [0.25, 0.3) is 0 Å². The lowest BCUT2D eigenvalue weighted by atomic mass is 9.82. The van der Waals surface area contributed by atoms with E-state index in [2.05, 4.69) is 0 Å². The van der Waals surface area contributed by atoms with Gasteiger partial charge >= 0.3 is 0 Å². The first-order chi connectivity index (χ1) is 7.67. The minimum atomic E-state index is -1.25. The molecule has 0 heterocycles. The predicted octanol–water partition coefficient (Wildman–Crippen LogP) is 1.47. The third kappa shape index (κ3) is 3.11. The SMILES string of the molecule is COc1cc(CC(C)(O)C(C)(C)O)ccc1O. The van der Waals surface area contributed by atoms with Crippen molar-refractivity contribution < 1.29 is 20.1 Å². The summed E-state index contributed by atoms with van der Waals surface area (Å²) in [5.41, 5.74) is -1.68. The van der Waals surface area contributed by atoms with Crippen molar-refractivity contribution in [2.75, 3.05) is 7.11 Å². The highest BCUT2D eigenvalue weighted by atomic mass is 16.5. The van der Waals surface area contributed by atoms with Crippen LogP contribution < -0.4 is 4.74 Å². The zero-order valence-corrected chi connectivity index (χ0v) is 10.7. The van der Waals surface area contributed by atoms with Crippen molar-refractivity contribution >= 4 is 0 Å². The summed E-state index contributed by atoms with van der Waals surface area (Å²) < 4.78 is 4.99. The molecule has 0 saturated carbocycles. The Balaban J connectivity index is 2.96. The number of rotatable bonds is 4. The van der Waals surface area contributed by atoms with Crippen molar-refractivity contribution in [1.82, 2.24) is 0 Å². The second kappa shape index (κ2) is 4.55. The molecule has 0 saturated heterocycles. The first-order valence-electron chi connectivity index (χ1n) is 5.48. The normalized spacial score (nSPS) is 15.4. The van der Waals surface area contributed by atoms with E-state index in [0.29, 0.717) is 5.75 Å². The second-order valence-electron chi connectivity index (χ2n) is 5.02. The van der Waals surface area contributed by atoms with Gasteiger partial charge in [0.25, 0.3) is 0 Å². The van der Waals surface area contributed by atoms with E-state index < -0.39 is 11.2 Å². The van der Waals surface area contributed by atoms with Gasteiger partial charge in [-0.05, 0) is 38.5 Å². The molecule has 0 aliphatic carbocycles. The highest BCUT2D eigenvalue weighted by molar-refractivity contribution is 5.42. The van der Waals surface area contributed by atoms with Crippen molar-refractivity contribution in [3.63, 3.8) is 0 Å². The van der Waals surface area contributed by atoms with E-state index in [4.69, 9.17) is 4.74 Å². The largest absolute Gasteiger partial charge is 0.504 e. The summed E-state index contributed by atoms with van der Waals surface area (Å²) in [4.78, 5) is 0. The number of benzene rings is 1. The second-order valence-corrected chi connectivity index (χ2v) is 5.02. The van der Waals surface area contributed by atoms with Crippen molar-refractivity contribution in [3.8, 4) is 11.5 Å². The first-order valence-corrected chi connectivity index (χ1v) is 5.48. The maximum Gasteiger partial charge on any atom is 0.160 e. The molecule has 17 heavy (non-hydrogen) atoms. The maximum absolute atomic E-state index is 10.2. The summed E-state index contributed by atoms with van der Waals surface area (Å²) >= 11 is 0. The standard InChI is InChI=1S/C13H20O4/c1-12(2,15)13(3,16)8-9-5-6-10(14)11(7-9)17-4/h5-7,14-16H,8H2,1-4H3. The van der Waals surface area contributed by atoms with Crippen molar-refractivity contribution in [2.24, 2.45) is 0 Å². The number of methoxy groups -OCH3 is 1. The molecule has 4 nitrogen and oxygen atoms in total. The average molecular weight is 240 g/mol. The molecular weight excluding hydrogens is 220 g/mol. The van der Waals surface area contributed by atoms with E-state index in [1.54, 1.807) is 32.9 Å². The monoisotopic (exact) mass is 240 g/mol. The van der Waals surface area contributed by atoms with Crippen LogP contribution in [0.2, 0.25) is 0 Å². The molecule has 0 aromatic heterocycles. The summed E-state index contributed by atoms with van der Waals surface area (Å²) in [6.07, 6.45) is 0.271. The van der Waals surface area contributed by atoms with Gasteiger partial charge in [-0.15, -0.1) is 0 Å². The Morgan fingerprint density at radius 1 is 1.18 bits per heavy atom. The van der Waals surface area contributed by atoms with Gasteiger partial charge < -0.3 is 20.1 Å². The van der Waals surface area contributed by atoms with Crippen molar-refractivity contribution in [2.45, 2.75) is 38.4 Å². The van der Waals surface area contributed by atoms with E-state index >= 15 is 0 Å². The van der Waals surface area contributed by atoms with E-state index in [1.165, 1.54) is 13.2 Å². The zero-order valence-electron chi connectivity index (χ0n) is 10.7. The van der Waals surface area contributed by atoms with Crippen LogP contribution in [0, 0.1) is 0 Å². The maximum atomic E-state index is 10.2. The number of hydrogen-bond donors (Lipinski definition) is 3. The Bertz CT molecular complexity index is 391. The Kier molecular flexibility index (Phi) is 3.69. The van der Waals surface area contributed by atoms with E-state index in [1.807, 2.05) is 0 Å². The van der Waals surface area contributed by atoms with Gasteiger partial charge in [0.1, 0.15) is 0 Å². The smallest absolute Gasteiger partial charge is 0.160 e. The highest BCUT2D eigenvalue weighted by Crippen LogP contribution is 2.30. The minimum absolute atomic E-state index is 0.0548. The molecule has 0 aliphatic rings. The number of aromatic hydroxyl groups is 1. The number of phenols is 1. The molecule has 0 spiro atoms. The van der Waals surface area contributed by atoms with Crippen LogP contribution in [0.15, 0.2) is 18.2 Å². The summed E-state index contributed by atoms with van der Waals surface area (Å²) in [7, 11) is 1.47. The highest BCUT2D eigenvalue weighted by Gasteiger charge is 2.37. The van der Waals surface area contributed by atoms with E-state index in [-0.39, 0.29) is 12.2 Å². The van der Waals surface area contributed by atoms with Crippen LogP contribution in [0.4, 0.5) is 0 Å². The van der Waals surface area contributed by atoms with Gasteiger partial charge in [0.15, 0.2) is 11.5 Å². The van der Waals surface area contributed by atoms with Crippen LogP contribution >= 0.6 is 0 Å². The number of ether oxygens (including phenoxy) is 1. The van der Waals surface area contributed by atoms with Crippen LogP contribution in [0.3, 0.4) is 0 Å². The van der Waals surface area contributed by atoms with E-state index in [9.17, 15) is 15.3 Å². The fraction of sp³-hybridized carbons (Fsp3) is 0.538. The van der Waals surface area contributed by atoms with Gasteiger partial charge in [-0.25, -0.2) is 0 Å². The molecule has 96 valence electrons. The van der Waals surface area contributed by atoms with Gasteiger partial charge in [0.2, 0.25) is 0 Å². The Morgan fingerprint density at radius 3 is 2.24 bits per heavy atom. The summed E-state index contributed by atoms with van der Waals surface area (Å²) in [5.74, 6) is 0.410. The van der Waals surface area contributed by atoms with Crippen molar-refractivity contribution in [1.29, 1.82) is 0 Å². The third-order valence-electron chi connectivity index (χ3n) is 3.11. The fourth-order valence-electron chi connectivity index (χ4n) is 1.45. The molecule has 0 radical (unpaired) electrons. The van der Waals surface area contributed by atoms with Gasteiger partial charge in [0, 0.05) is 6.42 Å². The molecule has 0 bridgehead atoms. The van der Waals surface area contributed by atoms with Gasteiger partial charge in [-0.1, -0.05) is 6.07 Å². The first kappa shape index (κ1) is 13.8. The minimum Gasteiger partial charge on any atom is -0.504 e. The van der Waals surface area contributed by atoms with Crippen LogP contribution in [0.5, 0.6) is 11.5 Å². The van der Waals surface area contributed by atoms with Gasteiger partial charge in [-0.3, -0.25) is 0 Å². The molecule has 1 aromatic rings. The zero-order chi connectivity index (χ0) is 13.3. The topological polar surface area (TPSA) is 69.9 Å². The van der Waals surface area contributed by atoms with Crippen LogP contribution in [0.1, 0.15) is 26.3 Å². The molecule has 1 aromatic carbocycles. The Labute approximate surface area is 101 Å². The molecule has 4 heteroatoms. The number of hydrogen-bond acceptors (Lipinski definition) is 4. The summed E-state index contributed by atoms with van der Waals surface area (Å²) in [6, 6.07) is 4.85. The summed E-state index contributed by atoms with van der Waals surface area (Å²) in [6.45, 7) is 4.70. The number of aliphatic hydroxyl groups is 2. The van der Waals surface area contributed by atoms with Crippen LogP contribution in [-0.4, -0.2) is 33.6 Å². The van der Waals surface area contributed by atoms with Gasteiger partial charge in [0.05, 0.1) is 18.3 Å². The molecular formula is C13H20O4. The Morgan fingerprint density at radius 2 is 1.76 bits per heavy atom. The van der Waals surface area contributed by atoms with Crippen molar-refractivity contribution in [3.05, 3.63) is 23.8 Å². The third-order valence-corrected chi connectivity index (χ3v) is 3.11. The molecule has 0 aliphatic heterocycles. The Hall–Kier alpha value is -1.26. The molecule has 3 N–H and O–H groups in total. The lowest BCUT2D eigenvalue weighted by molar-refractivity contribution is -0.118. The summed E-state index contributed by atoms with van der Waals surface area (Å²) in [5, 5.41) is 29.5.